The predicted octanol–water partition coefficient (Wildman–Crippen LogP) is 2.79. The van der Waals surface area contributed by atoms with Gasteiger partial charge in [0.25, 0.3) is 0 Å². The van der Waals surface area contributed by atoms with Crippen molar-refractivity contribution in [2.45, 2.75) is 31.5 Å². The van der Waals surface area contributed by atoms with Crippen LogP contribution in [0.1, 0.15) is 35.4 Å². The van der Waals surface area contributed by atoms with E-state index in [2.05, 4.69) is 0 Å². The molecule has 1 saturated heterocycles. The van der Waals surface area contributed by atoms with Crippen LogP contribution in [-0.4, -0.2) is 52.6 Å². The van der Waals surface area contributed by atoms with Gasteiger partial charge in [0.05, 0.1) is 0 Å². The second-order valence-corrected chi connectivity index (χ2v) is 7.84. The van der Waals surface area contributed by atoms with Gasteiger partial charge in [0, 0.05) is 25.1 Å². The summed E-state index contributed by atoms with van der Waals surface area (Å²) in [6.45, 7) is -2.24. The molecule has 0 aromatic heterocycles. The summed E-state index contributed by atoms with van der Waals surface area (Å²) in [5.41, 5.74) is 6.88. The molecule has 10 heteroatoms. The van der Waals surface area contributed by atoms with Crippen LogP contribution in [0.2, 0.25) is 0 Å². The lowest BCUT2D eigenvalue weighted by Crippen LogP contribution is -2.51. The van der Waals surface area contributed by atoms with Crippen LogP contribution in [0.15, 0.2) is 54.6 Å². The van der Waals surface area contributed by atoms with Crippen molar-refractivity contribution in [1.29, 1.82) is 5.41 Å². The van der Waals surface area contributed by atoms with Gasteiger partial charge in [0.2, 0.25) is 5.91 Å². The van der Waals surface area contributed by atoms with Gasteiger partial charge in [-0.05, 0) is 29.5 Å². The number of likely N-dealkylation sites (tertiary alicyclic amines) is 1. The minimum absolute atomic E-state index is 0.0110. The number of hydrogen-bond donors (Lipinski definition) is 2. The van der Waals surface area contributed by atoms with Crippen LogP contribution in [0.4, 0.5) is 13.2 Å². The van der Waals surface area contributed by atoms with Gasteiger partial charge >= 0.3 is 18.0 Å². The number of nitrogens with zero attached hydrogens (tertiary/aromatic N) is 2. The number of nitrogens with two attached hydrogens (primary N) is 1. The van der Waals surface area contributed by atoms with E-state index in [4.69, 9.17) is 11.1 Å². The first-order valence-electron chi connectivity index (χ1n) is 10.2. The highest BCUT2D eigenvalue weighted by atomic mass is 19.4. The molecule has 1 heterocycles. The maximum atomic E-state index is 13.2. The summed E-state index contributed by atoms with van der Waals surface area (Å²) in [5.74, 6) is -3.70. The van der Waals surface area contributed by atoms with E-state index in [-0.39, 0.29) is 35.8 Å². The van der Waals surface area contributed by atoms with E-state index in [9.17, 15) is 27.6 Å². The molecule has 7 nitrogen and oxygen atoms in total. The number of carbonyl (C=O) groups is 3. The van der Waals surface area contributed by atoms with Crippen molar-refractivity contribution in [2.75, 3.05) is 13.1 Å². The van der Waals surface area contributed by atoms with Gasteiger partial charge in [-0.25, -0.2) is 0 Å². The second kappa shape index (κ2) is 9.85. The number of benzene rings is 2. The maximum Gasteiger partial charge on any atom is 0.406 e. The van der Waals surface area contributed by atoms with Crippen molar-refractivity contribution in [2.24, 2.45) is 5.73 Å². The highest BCUT2D eigenvalue weighted by molar-refractivity contribution is 6.37. The zero-order valence-electron chi connectivity index (χ0n) is 17.6. The number of nitrogen functional groups attached to an aromatic ring is 1. The molecule has 0 spiro atoms. The Morgan fingerprint density at radius 2 is 1.82 bits per heavy atom. The highest BCUT2D eigenvalue weighted by Crippen LogP contribution is 2.29. The zero-order valence-corrected chi connectivity index (χ0v) is 17.6. The first kappa shape index (κ1) is 24.0. The Bertz CT molecular complexity index is 1060. The van der Waals surface area contributed by atoms with Crippen molar-refractivity contribution in [3.05, 3.63) is 71.3 Å². The van der Waals surface area contributed by atoms with Gasteiger partial charge in [-0.3, -0.25) is 24.7 Å². The molecule has 3 amide bonds. The molecule has 1 unspecified atom stereocenters. The third-order valence-corrected chi connectivity index (χ3v) is 5.39. The highest BCUT2D eigenvalue weighted by Gasteiger charge is 2.39. The number of rotatable bonds is 5. The van der Waals surface area contributed by atoms with Gasteiger partial charge < -0.3 is 10.6 Å². The number of imide groups is 1. The molecule has 1 fully saturated rings. The van der Waals surface area contributed by atoms with Crippen molar-refractivity contribution in [3.63, 3.8) is 0 Å². The van der Waals surface area contributed by atoms with Crippen LogP contribution in [0.3, 0.4) is 0 Å². The first-order valence-corrected chi connectivity index (χ1v) is 10.2. The Hall–Kier alpha value is -3.69. The van der Waals surface area contributed by atoms with Crippen LogP contribution in [0, 0.1) is 5.41 Å². The van der Waals surface area contributed by atoms with Crippen molar-refractivity contribution in [3.8, 4) is 0 Å². The van der Waals surface area contributed by atoms with Crippen LogP contribution >= 0.6 is 0 Å². The molecule has 2 aromatic carbocycles. The Morgan fingerprint density at radius 3 is 2.42 bits per heavy atom. The van der Waals surface area contributed by atoms with E-state index < -0.39 is 37.0 Å². The molecule has 33 heavy (non-hydrogen) atoms. The number of hydrogen-bond acceptors (Lipinski definition) is 4. The number of halogens is 3. The standard InChI is InChI=1S/C23H23F3N4O3/c24-23(25,26)14-29(13-15-5-4-8-18(11-15)20(27)28)21(32)22(33)30-10-9-17(12-19(30)31)16-6-2-1-3-7-16/h1-8,11,17H,9-10,12-14H2,(H3,27,28). The van der Waals surface area contributed by atoms with Crippen LogP contribution < -0.4 is 5.73 Å². The summed E-state index contributed by atoms with van der Waals surface area (Å²) in [5, 5.41) is 7.46. The molecule has 2 aromatic rings. The van der Waals surface area contributed by atoms with Gasteiger partial charge in [0.15, 0.2) is 0 Å². The van der Waals surface area contributed by atoms with Gasteiger partial charge in [-0.2, -0.15) is 13.2 Å². The minimum Gasteiger partial charge on any atom is -0.384 e. The summed E-state index contributed by atoms with van der Waals surface area (Å²) in [6.07, 6.45) is -4.35. The third-order valence-electron chi connectivity index (χ3n) is 5.39. The number of amidine groups is 1. The third kappa shape index (κ3) is 6.18. The zero-order chi connectivity index (χ0) is 24.2. The van der Waals surface area contributed by atoms with Gasteiger partial charge in [-0.1, -0.05) is 48.5 Å². The fourth-order valence-electron chi connectivity index (χ4n) is 3.78. The van der Waals surface area contributed by atoms with Gasteiger partial charge in [0.1, 0.15) is 12.4 Å². The molecule has 3 rings (SSSR count). The van der Waals surface area contributed by atoms with Crippen molar-refractivity contribution < 1.29 is 27.6 Å². The Morgan fingerprint density at radius 1 is 1.12 bits per heavy atom. The predicted molar refractivity (Wildman–Crippen MR) is 114 cm³/mol. The van der Waals surface area contributed by atoms with E-state index in [1.807, 2.05) is 30.3 Å². The number of amides is 3. The Kier molecular flexibility index (Phi) is 7.15. The molecule has 0 aliphatic carbocycles. The normalized spacial score (nSPS) is 16.4. The molecular formula is C23H23F3N4O3. The molecular weight excluding hydrogens is 437 g/mol. The molecule has 0 bridgehead atoms. The number of carbonyl (C=O) groups excluding carboxylic acids is 3. The molecule has 3 N–H and O–H groups in total. The van der Waals surface area contributed by atoms with Gasteiger partial charge in [-0.15, -0.1) is 0 Å². The average Bonchev–Trinajstić information content (AvgIpc) is 2.77. The lowest BCUT2D eigenvalue weighted by atomic mass is 9.89. The number of piperidine rings is 1. The van der Waals surface area contributed by atoms with E-state index in [0.717, 1.165) is 10.5 Å². The fourth-order valence-corrected chi connectivity index (χ4v) is 3.78. The largest absolute Gasteiger partial charge is 0.406 e. The van der Waals surface area contributed by atoms with E-state index in [1.54, 1.807) is 0 Å². The summed E-state index contributed by atoms with van der Waals surface area (Å²) < 4.78 is 39.5. The molecule has 174 valence electrons. The minimum atomic E-state index is -4.75. The molecule has 0 saturated carbocycles. The fraction of sp³-hybridized carbons (Fsp3) is 0.304. The second-order valence-electron chi connectivity index (χ2n) is 7.84. The number of nitrogens with one attached hydrogen (secondary N) is 1. The van der Waals surface area contributed by atoms with Crippen LogP contribution in [0.25, 0.3) is 0 Å². The molecule has 1 aliphatic heterocycles. The summed E-state index contributed by atoms with van der Waals surface area (Å²) >= 11 is 0. The maximum absolute atomic E-state index is 13.2. The lowest BCUT2D eigenvalue weighted by Gasteiger charge is -2.32. The van der Waals surface area contributed by atoms with Crippen LogP contribution in [-0.2, 0) is 20.9 Å². The van der Waals surface area contributed by atoms with E-state index >= 15 is 0 Å². The average molecular weight is 460 g/mol. The SMILES string of the molecule is N=C(N)c1cccc(CN(CC(F)(F)F)C(=O)C(=O)N2CCC(c3ccccc3)CC2=O)c1. The molecule has 1 aliphatic rings. The molecule has 1 atom stereocenters. The number of alkyl halides is 3. The Labute approximate surface area is 188 Å². The summed E-state index contributed by atoms with van der Waals surface area (Å²) in [6, 6.07) is 15.0. The smallest absolute Gasteiger partial charge is 0.384 e. The summed E-state index contributed by atoms with van der Waals surface area (Å²) in [4.78, 5) is 39.2. The lowest BCUT2D eigenvalue weighted by molar-refractivity contribution is -0.170. The molecule has 0 radical (unpaired) electrons. The summed E-state index contributed by atoms with van der Waals surface area (Å²) in [7, 11) is 0. The Balaban J connectivity index is 1.75. The monoisotopic (exact) mass is 460 g/mol. The van der Waals surface area contributed by atoms with E-state index in [0.29, 0.717) is 11.3 Å². The first-order chi connectivity index (χ1) is 15.5. The van der Waals surface area contributed by atoms with Crippen LogP contribution in [0.5, 0.6) is 0 Å². The van der Waals surface area contributed by atoms with E-state index in [1.165, 1.54) is 24.3 Å². The van der Waals surface area contributed by atoms with Crippen molar-refractivity contribution in [1.82, 2.24) is 9.80 Å². The topological polar surface area (TPSA) is 108 Å². The van der Waals surface area contributed by atoms with Crippen molar-refractivity contribution >= 4 is 23.6 Å². The quantitative estimate of drug-likeness (QED) is 0.406.